The minimum Gasteiger partial charge on any atom is -0.497 e. The molecule has 1 heterocycles. The molecule has 0 atom stereocenters. The molecular weight excluding hydrogens is 472 g/mol. The number of ether oxygens (including phenoxy) is 1. The molecular formula is C29H32N2O4S. The number of aromatic amines is 1. The maximum Gasteiger partial charge on any atom is 0.252 e. The van der Waals surface area contributed by atoms with Crippen molar-refractivity contribution in [3.05, 3.63) is 104 Å². The van der Waals surface area contributed by atoms with Crippen LogP contribution < -0.4 is 10.3 Å². The van der Waals surface area contributed by atoms with Crippen molar-refractivity contribution in [2.45, 2.75) is 52.1 Å². The average Bonchev–Trinajstić information content (AvgIpc) is 2.83. The number of nitrogens with one attached hydrogen (secondary N) is 1. The van der Waals surface area contributed by atoms with E-state index in [0.717, 1.165) is 34.0 Å². The van der Waals surface area contributed by atoms with Gasteiger partial charge in [-0.15, -0.1) is 0 Å². The number of aryl methyl sites for hydroxylation is 4. The third kappa shape index (κ3) is 5.22. The van der Waals surface area contributed by atoms with E-state index in [2.05, 4.69) is 11.9 Å². The summed E-state index contributed by atoms with van der Waals surface area (Å²) in [4.78, 5) is 16.2. The number of nitrogens with zero attached hydrogens (tertiary/aromatic N) is 1. The zero-order chi connectivity index (χ0) is 26.0. The second-order valence-electron chi connectivity index (χ2n) is 9.25. The summed E-state index contributed by atoms with van der Waals surface area (Å²) in [6.07, 6.45) is 0.869. The van der Waals surface area contributed by atoms with E-state index in [-0.39, 0.29) is 23.5 Å². The van der Waals surface area contributed by atoms with Crippen molar-refractivity contribution < 1.29 is 13.2 Å². The van der Waals surface area contributed by atoms with Crippen LogP contribution in [0.5, 0.6) is 5.75 Å². The van der Waals surface area contributed by atoms with Gasteiger partial charge in [-0.3, -0.25) is 4.79 Å². The summed E-state index contributed by atoms with van der Waals surface area (Å²) in [6.45, 7) is 7.71. The molecule has 36 heavy (non-hydrogen) atoms. The molecule has 7 heteroatoms. The number of rotatable bonds is 8. The standard InChI is InChI=1S/C29H32N2O4S/c1-6-22-9-12-27-24(15-22)16-25(29(32)30-27)18-31(17-23-7-10-26(35-5)11-8-23)36(33,34)28-20(3)13-19(2)14-21(28)4/h7-16H,6,17-18H2,1-5H3,(H,30,32). The lowest BCUT2D eigenvalue weighted by Gasteiger charge is -2.25. The van der Waals surface area contributed by atoms with Gasteiger partial charge >= 0.3 is 0 Å². The Morgan fingerprint density at radius 2 is 1.50 bits per heavy atom. The number of hydrogen-bond donors (Lipinski definition) is 1. The van der Waals surface area contributed by atoms with Crippen LogP contribution in [-0.4, -0.2) is 24.8 Å². The first-order valence-corrected chi connectivity index (χ1v) is 13.4. The van der Waals surface area contributed by atoms with E-state index >= 15 is 0 Å². The molecule has 0 aliphatic heterocycles. The van der Waals surface area contributed by atoms with Gasteiger partial charge < -0.3 is 9.72 Å². The van der Waals surface area contributed by atoms with Gasteiger partial charge in [0.1, 0.15) is 5.75 Å². The van der Waals surface area contributed by atoms with Crippen molar-refractivity contribution in [2.75, 3.05) is 7.11 Å². The van der Waals surface area contributed by atoms with Crippen molar-refractivity contribution in [1.29, 1.82) is 0 Å². The smallest absolute Gasteiger partial charge is 0.252 e. The Balaban J connectivity index is 1.82. The molecule has 1 aromatic heterocycles. The van der Waals surface area contributed by atoms with Gasteiger partial charge in [0.2, 0.25) is 10.0 Å². The predicted molar refractivity (Wildman–Crippen MR) is 144 cm³/mol. The van der Waals surface area contributed by atoms with Crippen LogP contribution in [0.2, 0.25) is 0 Å². The molecule has 188 valence electrons. The molecule has 0 fully saturated rings. The van der Waals surface area contributed by atoms with Crippen molar-refractivity contribution in [3.63, 3.8) is 0 Å². The minimum atomic E-state index is -3.92. The quantitative estimate of drug-likeness (QED) is 0.348. The molecule has 0 bridgehead atoms. The Morgan fingerprint density at radius 3 is 2.11 bits per heavy atom. The number of hydrogen-bond acceptors (Lipinski definition) is 4. The highest BCUT2D eigenvalue weighted by Gasteiger charge is 2.29. The van der Waals surface area contributed by atoms with Crippen LogP contribution in [0.15, 0.2) is 70.4 Å². The molecule has 0 spiro atoms. The first-order valence-electron chi connectivity index (χ1n) is 12.0. The summed E-state index contributed by atoms with van der Waals surface area (Å²) in [5.41, 5.74) is 5.16. The summed E-state index contributed by atoms with van der Waals surface area (Å²) in [7, 11) is -2.34. The summed E-state index contributed by atoms with van der Waals surface area (Å²) in [5.74, 6) is 0.691. The third-order valence-corrected chi connectivity index (χ3v) is 8.56. The highest BCUT2D eigenvalue weighted by Crippen LogP contribution is 2.28. The number of fused-ring (bicyclic) bond motifs is 1. The Bertz CT molecular complexity index is 1550. The maximum atomic E-state index is 14.1. The van der Waals surface area contributed by atoms with Crippen LogP contribution in [0.1, 0.15) is 40.3 Å². The molecule has 0 aliphatic rings. The fraction of sp³-hybridized carbons (Fsp3) is 0.276. The largest absolute Gasteiger partial charge is 0.497 e. The van der Waals surface area contributed by atoms with Gasteiger partial charge in [-0.2, -0.15) is 4.31 Å². The summed E-state index contributed by atoms with van der Waals surface area (Å²) >= 11 is 0. The Morgan fingerprint density at radius 1 is 0.861 bits per heavy atom. The molecule has 4 aromatic rings. The highest BCUT2D eigenvalue weighted by molar-refractivity contribution is 7.89. The Hall–Kier alpha value is -3.42. The summed E-state index contributed by atoms with van der Waals surface area (Å²) < 4.78 is 34.8. The molecule has 6 nitrogen and oxygen atoms in total. The van der Waals surface area contributed by atoms with Gasteiger partial charge in [0.15, 0.2) is 0 Å². The maximum absolute atomic E-state index is 14.1. The van der Waals surface area contributed by atoms with E-state index in [1.165, 1.54) is 4.31 Å². The zero-order valence-electron chi connectivity index (χ0n) is 21.4. The Labute approximate surface area is 212 Å². The van der Waals surface area contributed by atoms with Crippen LogP contribution in [0.3, 0.4) is 0 Å². The van der Waals surface area contributed by atoms with Crippen molar-refractivity contribution in [1.82, 2.24) is 9.29 Å². The van der Waals surface area contributed by atoms with Crippen LogP contribution in [0, 0.1) is 20.8 Å². The van der Waals surface area contributed by atoms with E-state index in [4.69, 9.17) is 4.74 Å². The first-order chi connectivity index (χ1) is 17.1. The predicted octanol–water partition coefficient (Wildman–Crippen LogP) is 5.42. The second-order valence-corrected chi connectivity index (χ2v) is 11.1. The zero-order valence-corrected chi connectivity index (χ0v) is 22.2. The van der Waals surface area contributed by atoms with Gasteiger partial charge in [-0.1, -0.05) is 42.8 Å². The van der Waals surface area contributed by atoms with E-state index < -0.39 is 10.0 Å². The van der Waals surface area contributed by atoms with Gasteiger partial charge in [-0.25, -0.2) is 8.42 Å². The number of benzene rings is 3. The van der Waals surface area contributed by atoms with E-state index in [0.29, 0.717) is 22.4 Å². The molecule has 0 unspecified atom stereocenters. The first kappa shape index (κ1) is 25.7. The lowest BCUT2D eigenvalue weighted by molar-refractivity contribution is 0.397. The van der Waals surface area contributed by atoms with Gasteiger partial charge in [0.25, 0.3) is 5.56 Å². The Kier molecular flexibility index (Phi) is 7.33. The lowest BCUT2D eigenvalue weighted by atomic mass is 10.1. The van der Waals surface area contributed by atoms with Gasteiger partial charge in [-0.05, 0) is 85.2 Å². The normalized spacial score (nSPS) is 11.8. The second kappa shape index (κ2) is 10.3. The molecule has 1 N–H and O–H groups in total. The molecule has 0 saturated heterocycles. The molecule has 0 amide bonds. The number of pyridine rings is 1. The molecule has 0 aliphatic carbocycles. The van der Waals surface area contributed by atoms with Crippen molar-refractivity contribution in [3.8, 4) is 5.75 Å². The lowest BCUT2D eigenvalue weighted by Crippen LogP contribution is -2.33. The fourth-order valence-electron chi connectivity index (χ4n) is 4.69. The van der Waals surface area contributed by atoms with Gasteiger partial charge in [0.05, 0.1) is 12.0 Å². The number of sulfonamides is 1. The highest BCUT2D eigenvalue weighted by atomic mass is 32.2. The van der Waals surface area contributed by atoms with Crippen LogP contribution in [-0.2, 0) is 29.5 Å². The van der Waals surface area contributed by atoms with Crippen molar-refractivity contribution >= 4 is 20.9 Å². The molecule has 3 aromatic carbocycles. The van der Waals surface area contributed by atoms with Crippen LogP contribution >= 0.6 is 0 Å². The fourth-order valence-corrected chi connectivity index (χ4v) is 6.51. The third-order valence-electron chi connectivity index (χ3n) is 6.46. The number of H-pyrrole nitrogens is 1. The summed E-state index contributed by atoms with van der Waals surface area (Å²) in [5, 5.41) is 0.883. The molecule has 0 saturated carbocycles. The molecule has 0 radical (unpaired) electrons. The van der Waals surface area contributed by atoms with Crippen LogP contribution in [0.25, 0.3) is 10.9 Å². The monoisotopic (exact) mass is 504 g/mol. The van der Waals surface area contributed by atoms with Crippen molar-refractivity contribution in [2.24, 2.45) is 0 Å². The van der Waals surface area contributed by atoms with Crippen LogP contribution in [0.4, 0.5) is 0 Å². The molecule has 4 rings (SSSR count). The number of aromatic nitrogens is 1. The van der Waals surface area contributed by atoms with E-state index in [9.17, 15) is 13.2 Å². The van der Waals surface area contributed by atoms with Gasteiger partial charge in [0, 0.05) is 24.2 Å². The van der Waals surface area contributed by atoms with E-state index in [1.807, 2.05) is 63.2 Å². The topological polar surface area (TPSA) is 79.5 Å². The minimum absolute atomic E-state index is 0.0528. The summed E-state index contributed by atoms with van der Waals surface area (Å²) in [6, 6.07) is 18.8. The SMILES string of the molecule is CCc1ccc2[nH]c(=O)c(CN(Cc3ccc(OC)cc3)S(=O)(=O)c3c(C)cc(C)cc3C)cc2c1. The number of methoxy groups -OCH3 is 1. The van der Waals surface area contributed by atoms with E-state index in [1.54, 1.807) is 25.3 Å². The average molecular weight is 505 g/mol.